The highest BCUT2D eigenvalue weighted by Crippen LogP contribution is 2.33. The van der Waals surface area contributed by atoms with Gasteiger partial charge in [-0.25, -0.2) is 0 Å². The SMILES string of the molecule is Ic1cncc2c1c1ccccc1n2-c1ccccc1. The minimum atomic E-state index is 1.16. The van der Waals surface area contributed by atoms with Gasteiger partial charge in [0.25, 0.3) is 0 Å². The summed E-state index contributed by atoms with van der Waals surface area (Å²) in [5.74, 6) is 0. The van der Waals surface area contributed by atoms with Gasteiger partial charge in [-0.2, -0.15) is 0 Å². The molecular formula is C17H11IN2. The van der Waals surface area contributed by atoms with Crippen LogP contribution in [0.2, 0.25) is 0 Å². The van der Waals surface area contributed by atoms with E-state index in [-0.39, 0.29) is 0 Å². The predicted molar refractivity (Wildman–Crippen MR) is 91.3 cm³/mol. The number of halogens is 1. The molecule has 96 valence electrons. The van der Waals surface area contributed by atoms with Gasteiger partial charge in [0, 0.05) is 26.2 Å². The van der Waals surface area contributed by atoms with Gasteiger partial charge in [-0.15, -0.1) is 0 Å². The standard InChI is InChI=1S/C17H11IN2/c18-14-10-19-11-16-17(14)13-8-4-5-9-15(13)20(16)12-6-2-1-3-7-12/h1-11H. The molecule has 2 aromatic heterocycles. The van der Waals surface area contributed by atoms with Gasteiger partial charge in [0.15, 0.2) is 0 Å². The van der Waals surface area contributed by atoms with E-state index in [1.165, 1.54) is 25.5 Å². The van der Waals surface area contributed by atoms with E-state index in [2.05, 4.69) is 80.7 Å². The molecule has 0 fully saturated rings. The maximum Gasteiger partial charge on any atom is 0.0735 e. The number of para-hydroxylation sites is 2. The fraction of sp³-hybridized carbons (Fsp3) is 0. The average Bonchev–Trinajstić information content (AvgIpc) is 2.84. The number of hydrogen-bond acceptors (Lipinski definition) is 1. The molecule has 20 heavy (non-hydrogen) atoms. The van der Waals surface area contributed by atoms with Gasteiger partial charge in [-0.1, -0.05) is 36.4 Å². The van der Waals surface area contributed by atoms with Crippen LogP contribution in [0.3, 0.4) is 0 Å². The van der Waals surface area contributed by atoms with E-state index in [0.717, 1.165) is 5.52 Å². The van der Waals surface area contributed by atoms with Gasteiger partial charge in [0.2, 0.25) is 0 Å². The van der Waals surface area contributed by atoms with E-state index in [4.69, 9.17) is 0 Å². The summed E-state index contributed by atoms with van der Waals surface area (Å²) in [5.41, 5.74) is 3.55. The normalized spacial score (nSPS) is 11.2. The molecule has 0 N–H and O–H groups in total. The monoisotopic (exact) mass is 370 g/mol. The van der Waals surface area contributed by atoms with Crippen molar-refractivity contribution < 1.29 is 0 Å². The van der Waals surface area contributed by atoms with Crippen LogP contribution in [-0.4, -0.2) is 9.55 Å². The third kappa shape index (κ3) is 1.66. The van der Waals surface area contributed by atoms with E-state index < -0.39 is 0 Å². The Morgan fingerprint density at radius 1 is 0.800 bits per heavy atom. The Hall–Kier alpha value is -1.88. The molecule has 3 heteroatoms. The zero-order valence-electron chi connectivity index (χ0n) is 10.6. The maximum atomic E-state index is 4.37. The van der Waals surface area contributed by atoms with Crippen molar-refractivity contribution in [3.8, 4) is 5.69 Å². The van der Waals surface area contributed by atoms with Crippen LogP contribution in [0.15, 0.2) is 67.0 Å². The molecule has 0 aliphatic rings. The molecule has 0 bridgehead atoms. The highest BCUT2D eigenvalue weighted by Gasteiger charge is 2.13. The quantitative estimate of drug-likeness (QED) is 0.441. The van der Waals surface area contributed by atoms with E-state index in [1.807, 2.05) is 18.5 Å². The summed E-state index contributed by atoms with van der Waals surface area (Å²) >= 11 is 2.36. The molecule has 0 spiro atoms. The number of benzene rings is 2. The molecule has 0 saturated carbocycles. The molecule has 0 radical (unpaired) electrons. The van der Waals surface area contributed by atoms with E-state index in [1.54, 1.807) is 0 Å². The summed E-state index contributed by atoms with van der Waals surface area (Å²) in [7, 11) is 0. The highest BCUT2D eigenvalue weighted by molar-refractivity contribution is 14.1. The first-order chi connectivity index (χ1) is 9.86. The minimum absolute atomic E-state index is 1.16. The fourth-order valence-electron chi connectivity index (χ4n) is 2.73. The maximum absolute atomic E-state index is 4.37. The number of rotatable bonds is 1. The van der Waals surface area contributed by atoms with Crippen molar-refractivity contribution in [2.45, 2.75) is 0 Å². The summed E-state index contributed by atoms with van der Waals surface area (Å²) < 4.78 is 3.46. The lowest BCUT2D eigenvalue weighted by Gasteiger charge is -2.06. The summed E-state index contributed by atoms with van der Waals surface area (Å²) in [4.78, 5) is 4.37. The van der Waals surface area contributed by atoms with Gasteiger partial charge in [-0.3, -0.25) is 4.98 Å². The third-order valence-corrected chi connectivity index (χ3v) is 4.37. The molecule has 0 atom stereocenters. The van der Waals surface area contributed by atoms with Crippen molar-refractivity contribution in [2.24, 2.45) is 0 Å². The van der Waals surface area contributed by atoms with E-state index >= 15 is 0 Å². The van der Waals surface area contributed by atoms with Crippen molar-refractivity contribution in [2.75, 3.05) is 0 Å². The Kier molecular flexibility index (Phi) is 2.73. The van der Waals surface area contributed by atoms with Crippen LogP contribution < -0.4 is 0 Å². The van der Waals surface area contributed by atoms with Crippen LogP contribution in [0.1, 0.15) is 0 Å². The number of hydrogen-bond donors (Lipinski definition) is 0. The van der Waals surface area contributed by atoms with Crippen molar-refractivity contribution in [1.82, 2.24) is 9.55 Å². The predicted octanol–water partition coefficient (Wildman–Crippen LogP) is 4.78. The first-order valence-corrected chi connectivity index (χ1v) is 7.52. The van der Waals surface area contributed by atoms with Gasteiger partial charge < -0.3 is 4.57 Å². The Morgan fingerprint density at radius 3 is 2.40 bits per heavy atom. The largest absolute Gasteiger partial charge is 0.308 e. The van der Waals surface area contributed by atoms with Crippen LogP contribution in [0.25, 0.3) is 27.5 Å². The Labute approximate surface area is 130 Å². The summed E-state index contributed by atoms with van der Waals surface area (Å²) in [6.07, 6.45) is 3.87. The van der Waals surface area contributed by atoms with Gasteiger partial charge in [0.05, 0.1) is 17.2 Å². The molecular weight excluding hydrogens is 359 g/mol. The second-order valence-corrected chi connectivity index (χ2v) is 5.87. The number of pyridine rings is 1. The van der Waals surface area contributed by atoms with Crippen molar-refractivity contribution in [3.63, 3.8) is 0 Å². The van der Waals surface area contributed by atoms with Crippen LogP contribution >= 0.6 is 22.6 Å². The molecule has 0 unspecified atom stereocenters. The summed E-state index contributed by atoms with van der Waals surface area (Å²) in [6, 6.07) is 19.0. The molecule has 0 aliphatic carbocycles. The average molecular weight is 370 g/mol. The molecule has 2 heterocycles. The zero-order chi connectivity index (χ0) is 13.5. The second kappa shape index (κ2) is 4.59. The third-order valence-electron chi connectivity index (χ3n) is 3.55. The molecule has 0 saturated heterocycles. The second-order valence-electron chi connectivity index (χ2n) is 4.70. The van der Waals surface area contributed by atoms with Crippen LogP contribution in [0.5, 0.6) is 0 Å². The highest BCUT2D eigenvalue weighted by atomic mass is 127. The fourth-order valence-corrected chi connectivity index (χ4v) is 3.45. The smallest absolute Gasteiger partial charge is 0.0735 e. The number of fused-ring (bicyclic) bond motifs is 3. The van der Waals surface area contributed by atoms with Gasteiger partial charge >= 0.3 is 0 Å². The first kappa shape index (κ1) is 11.9. The molecule has 4 rings (SSSR count). The molecule has 0 amide bonds. The van der Waals surface area contributed by atoms with Crippen LogP contribution in [0.4, 0.5) is 0 Å². The summed E-state index contributed by atoms with van der Waals surface area (Å²) in [6.45, 7) is 0. The Morgan fingerprint density at radius 2 is 1.55 bits per heavy atom. The van der Waals surface area contributed by atoms with Crippen LogP contribution in [0, 0.1) is 3.57 Å². The van der Waals surface area contributed by atoms with Crippen molar-refractivity contribution >= 4 is 44.4 Å². The molecule has 4 aromatic rings. The van der Waals surface area contributed by atoms with Gasteiger partial charge in [0.1, 0.15) is 0 Å². The number of aromatic nitrogens is 2. The van der Waals surface area contributed by atoms with E-state index in [9.17, 15) is 0 Å². The first-order valence-electron chi connectivity index (χ1n) is 6.44. The Bertz CT molecular complexity index is 910. The number of nitrogens with zero attached hydrogens (tertiary/aromatic N) is 2. The van der Waals surface area contributed by atoms with E-state index in [0.29, 0.717) is 0 Å². The minimum Gasteiger partial charge on any atom is -0.308 e. The molecule has 2 aromatic carbocycles. The van der Waals surface area contributed by atoms with Gasteiger partial charge in [-0.05, 0) is 40.8 Å². The summed E-state index contributed by atoms with van der Waals surface area (Å²) in [5, 5.41) is 2.55. The lowest BCUT2D eigenvalue weighted by molar-refractivity contribution is 1.16. The Balaban J connectivity index is 2.26. The lowest BCUT2D eigenvalue weighted by atomic mass is 10.2. The molecule has 2 nitrogen and oxygen atoms in total. The van der Waals surface area contributed by atoms with Crippen molar-refractivity contribution in [1.29, 1.82) is 0 Å². The topological polar surface area (TPSA) is 17.8 Å². The zero-order valence-corrected chi connectivity index (χ0v) is 12.8. The lowest BCUT2D eigenvalue weighted by Crippen LogP contribution is -1.93. The molecule has 0 aliphatic heterocycles. The van der Waals surface area contributed by atoms with Crippen molar-refractivity contribution in [3.05, 3.63) is 70.6 Å². The van der Waals surface area contributed by atoms with Crippen LogP contribution in [-0.2, 0) is 0 Å².